The predicted molar refractivity (Wildman–Crippen MR) is 88.2 cm³/mol. The first-order valence-electron chi connectivity index (χ1n) is 7.00. The first-order chi connectivity index (χ1) is 10.1. The molecule has 0 bridgehead atoms. The van der Waals surface area contributed by atoms with E-state index in [0.717, 1.165) is 22.6 Å². The van der Waals surface area contributed by atoms with Gasteiger partial charge in [0.05, 0.1) is 17.4 Å². The second-order valence-corrected chi connectivity index (χ2v) is 6.63. The van der Waals surface area contributed by atoms with Crippen molar-refractivity contribution in [2.45, 2.75) is 25.2 Å². The van der Waals surface area contributed by atoms with Crippen LogP contribution in [0, 0.1) is 13.8 Å². The Balaban J connectivity index is 1.82. The van der Waals surface area contributed by atoms with Crippen molar-refractivity contribution in [2.75, 3.05) is 18.1 Å². The standard InChI is InChI=1S/C17H21NO2S/c1-13-7-8-17(14(2)11-13)21(19)10-4-9-20-16-6-3-5-15(18)12-16/h3,5-8,11-12H,4,9-10,18H2,1-2H3. The Kier molecular flexibility index (Phi) is 5.39. The molecule has 2 N–H and O–H groups in total. The summed E-state index contributed by atoms with van der Waals surface area (Å²) in [4.78, 5) is 0.921. The molecule has 0 spiro atoms. The van der Waals surface area contributed by atoms with E-state index in [4.69, 9.17) is 10.5 Å². The summed E-state index contributed by atoms with van der Waals surface area (Å²) in [5.74, 6) is 1.36. The van der Waals surface area contributed by atoms with E-state index in [1.54, 1.807) is 6.07 Å². The van der Waals surface area contributed by atoms with Crippen molar-refractivity contribution in [1.29, 1.82) is 0 Å². The van der Waals surface area contributed by atoms with Gasteiger partial charge in [0.15, 0.2) is 0 Å². The number of nitrogen functional groups attached to an aromatic ring is 1. The van der Waals surface area contributed by atoms with Crippen molar-refractivity contribution >= 4 is 16.5 Å². The van der Waals surface area contributed by atoms with E-state index in [9.17, 15) is 4.21 Å². The molecule has 1 atom stereocenters. The Morgan fingerprint density at radius 2 is 1.95 bits per heavy atom. The number of aryl methyl sites for hydroxylation is 2. The van der Waals surface area contributed by atoms with Gasteiger partial charge in [-0.05, 0) is 44.0 Å². The zero-order valence-electron chi connectivity index (χ0n) is 12.5. The molecule has 2 rings (SSSR count). The highest BCUT2D eigenvalue weighted by molar-refractivity contribution is 7.85. The molecule has 3 nitrogen and oxygen atoms in total. The van der Waals surface area contributed by atoms with Crippen molar-refractivity contribution in [1.82, 2.24) is 0 Å². The molecule has 0 saturated carbocycles. The molecule has 2 aromatic carbocycles. The molecule has 0 aliphatic heterocycles. The van der Waals surface area contributed by atoms with Crippen molar-refractivity contribution < 1.29 is 8.95 Å². The Labute approximate surface area is 128 Å². The lowest BCUT2D eigenvalue weighted by molar-refractivity contribution is 0.318. The van der Waals surface area contributed by atoms with Crippen molar-refractivity contribution in [3.8, 4) is 5.75 Å². The minimum Gasteiger partial charge on any atom is -0.493 e. The fourth-order valence-corrected chi connectivity index (χ4v) is 3.39. The topological polar surface area (TPSA) is 52.3 Å². The molecule has 21 heavy (non-hydrogen) atoms. The molecular formula is C17H21NO2S. The fraction of sp³-hybridized carbons (Fsp3) is 0.294. The van der Waals surface area contributed by atoms with E-state index in [1.165, 1.54) is 5.56 Å². The molecule has 2 aromatic rings. The van der Waals surface area contributed by atoms with E-state index in [-0.39, 0.29) is 0 Å². The number of ether oxygens (including phenoxy) is 1. The molecule has 4 heteroatoms. The van der Waals surface area contributed by atoms with Gasteiger partial charge in [-0.2, -0.15) is 0 Å². The van der Waals surface area contributed by atoms with Crippen LogP contribution in [0.2, 0.25) is 0 Å². The van der Waals surface area contributed by atoms with E-state index in [0.29, 0.717) is 18.0 Å². The van der Waals surface area contributed by atoms with Gasteiger partial charge in [-0.15, -0.1) is 0 Å². The third-order valence-electron chi connectivity index (χ3n) is 3.18. The molecule has 0 heterocycles. The van der Waals surface area contributed by atoms with Gasteiger partial charge in [0.1, 0.15) is 5.75 Å². The summed E-state index contributed by atoms with van der Waals surface area (Å²) in [5, 5.41) is 0. The average molecular weight is 303 g/mol. The summed E-state index contributed by atoms with van der Waals surface area (Å²) in [6, 6.07) is 13.4. The zero-order valence-corrected chi connectivity index (χ0v) is 13.3. The quantitative estimate of drug-likeness (QED) is 0.657. The summed E-state index contributed by atoms with van der Waals surface area (Å²) in [7, 11) is -0.970. The molecule has 0 aliphatic carbocycles. The van der Waals surface area contributed by atoms with Crippen LogP contribution in [0.15, 0.2) is 47.4 Å². The maximum atomic E-state index is 12.3. The molecule has 0 saturated heterocycles. The number of rotatable bonds is 6. The third-order valence-corrected chi connectivity index (χ3v) is 4.78. The smallest absolute Gasteiger partial charge is 0.121 e. The number of anilines is 1. The van der Waals surface area contributed by atoms with Gasteiger partial charge >= 0.3 is 0 Å². The lowest BCUT2D eigenvalue weighted by Gasteiger charge is -2.08. The van der Waals surface area contributed by atoms with Crippen LogP contribution >= 0.6 is 0 Å². The van der Waals surface area contributed by atoms with Crippen LogP contribution < -0.4 is 10.5 Å². The Bertz CT molecular complexity index is 640. The second kappa shape index (κ2) is 7.27. The second-order valence-electron chi connectivity index (χ2n) is 5.09. The molecule has 0 aromatic heterocycles. The van der Waals surface area contributed by atoms with Crippen molar-refractivity contribution in [2.24, 2.45) is 0 Å². The van der Waals surface area contributed by atoms with E-state index >= 15 is 0 Å². The Morgan fingerprint density at radius 1 is 1.14 bits per heavy atom. The van der Waals surface area contributed by atoms with Gasteiger partial charge in [0, 0.05) is 22.4 Å². The SMILES string of the molecule is Cc1ccc(S(=O)CCCOc2cccc(N)c2)c(C)c1. The highest BCUT2D eigenvalue weighted by atomic mass is 32.2. The maximum absolute atomic E-state index is 12.3. The Hall–Kier alpha value is -1.81. The van der Waals surface area contributed by atoms with Crippen LogP contribution in [0.1, 0.15) is 17.5 Å². The summed E-state index contributed by atoms with van der Waals surface area (Å²) >= 11 is 0. The number of nitrogens with two attached hydrogens (primary N) is 1. The number of benzene rings is 2. The first kappa shape index (κ1) is 15.6. The highest BCUT2D eigenvalue weighted by Crippen LogP contribution is 2.17. The van der Waals surface area contributed by atoms with Crippen molar-refractivity contribution in [3.05, 3.63) is 53.6 Å². The minimum absolute atomic E-state index is 0.542. The van der Waals surface area contributed by atoms with E-state index in [1.807, 2.05) is 44.2 Å². The molecule has 0 amide bonds. The lowest BCUT2D eigenvalue weighted by Crippen LogP contribution is -2.06. The van der Waals surface area contributed by atoms with Gasteiger partial charge in [0.25, 0.3) is 0 Å². The Morgan fingerprint density at radius 3 is 2.67 bits per heavy atom. The molecule has 0 radical (unpaired) electrons. The normalized spacial score (nSPS) is 12.1. The van der Waals surface area contributed by atoms with Crippen LogP contribution in [0.4, 0.5) is 5.69 Å². The summed E-state index contributed by atoms with van der Waals surface area (Å²) < 4.78 is 17.9. The third kappa shape index (κ3) is 4.60. The monoisotopic (exact) mass is 303 g/mol. The minimum atomic E-state index is -0.970. The molecule has 1 unspecified atom stereocenters. The van der Waals surface area contributed by atoms with Crippen LogP contribution in [-0.2, 0) is 10.8 Å². The molecular weight excluding hydrogens is 282 g/mol. The first-order valence-corrected chi connectivity index (χ1v) is 8.32. The molecule has 0 aliphatic rings. The molecule has 112 valence electrons. The van der Waals surface area contributed by atoms with Gasteiger partial charge in [-0.25, -0.2) is 0 Å². The van der Waals surface area contributed by atoms with Gasteiger partial charge in [-0.1, -0.05) is 23.8 Å². The van der Waals surface area contributed by atoms with Crippen LogP contribution in [-0.4, -0.2) is 16.6 Å². The van der Waals surface area contributed by atoms with Crippen LogP contribution in [0.5, 0.6) is 5.75 Å². The largest absolute Gasteiger partial charge is 0.493 e. The number of hydrogen-bond acceptors (Lipinski definition) is 3. The maximum Gasteiger partial charge on any atom is 0.121 e. The fourth-order valence-electron chi connectivity index (χ4n) is 2.15. The van der Waals surface area contributed by atoms with E-state index in [2.05, 4.69) is 6.07 Å². The van der Waals surface area contributed by atoms with Crippen LogP contribution in [0.25, 0.3) is 0 Å². The summed E-state index contributed by atoms with van der Waals surface area (Å²) in [6.07, 6.45) is 0.745. The van der Waals surface area contributed by atoms with Gasteiger partial charge in [0.2, 0.25) is 0 Å². The van der Waals surface area contributed by atoms with Crippen molar-refractivity contribution in [3.63, 3.8) is 0 Å². The van der Waals surface area contributed by atoms with E-state index < -0.39 is 10.8 Å². The lowest BCUT2D eigenvalue weighted by atomic mass is 10.2. The van der Waals surface area contributed by atoms with Gasteiger partial charge in [-0.3, -0.25) is 4.21 Å². The highest BCUT2D eigenvalue weighted by Gasteiger charge is 2.07. The summed E-state index contributed by atoms with van der Waals surface area (Å²) in [5.41, 5.74) is 8.65. The van der Waals surface area contributed by atoms with Crippen LogP contribution in [0.3, 0.4) is 0 Å². The predicted octanol–water partition coefficient (Wildman–Crippen LogP) is 3.46. The zero-order chi connectivity index (χ0) is 15.2. The average Bonchev–Trinajstić information content (AvgIpc) is 2.43. The number of hydrogen-bond donors (Lipinski definition) is 1. The summed E-state index contributed by atoms with van der Waals surface area (Å²) in [6.45, 7) is 4.59. The van der Waals surface area contributed by atoms with Gasteiger partial charge < -0.3 is 10.5 Å². The molecule has 0 fully saturated rings.